The molecule has 2 aromatic rings. The molecule has 120 valence electrons. The van der Waals surface area contributed by atoms with Crippen molar-refractivity contribution in [3.63, 3.8) is 0 Å². The average Bonchev–Trinajstić information content (AvgIpc) is 2.57. The van der Waals surface area contributed by atoms with E-state index in [1.807, 2.05) is 30.3 Å². The highest BCUT2D eigenvalue weighted by Crippen LogP contribution is 2.22. The summed E-state index contributed by atoms with van der Waals surface area (Å²) in [4.78, 5) is 23.1. The maximum absolute atomic E-state index is 11.9. The van der Waals surface area contributed by atoms with Gasteiger partial charge in [0.15, 0.2) is 6.10 Å². The van der Waals surface area contributed by atoms with Gasteiger partial charge in [-0.05, 0) is 43.3 Å². The van der Waals surface area contributed by atoms with Gasteiger partial charge in [0.25, 0.3) is 5.91 Å². The molecule has 0 aliphatic rings. The number of hydrogen-bond donors (Lipinski definition) is 1. The Balaban J connectivity index is 1.92. The summed E-state index contributed by atoms with van der Waals surface area (Å²) >= 11 is 0. The first-order valence-electron chi connectivity index (χ1n) is 7.42. The van der Waals surface area contributed by atoms with Gasteiger partial charge in [0, 0.05) is 12.1 Å². The quantitative estimate of drug-likeness (QED) is 0.825. The Morgan fingerprint density at radius 1 is 1.00 bits per heavy atom. The smallest absolute Gasteiger partial charge is 0.306 e. The highest BCUT2D eigenvalue weighted by Gasteiger charge is 2.16. The molecule has 0 radical (unpaired) electrons. The number of anilines is 1. The molecular formula is C18H19NO4. The van der Waals surface area contributed by atoms with Crippen LogP contribution in [0.5, 0.6) is 11.5 Å². The molecule has 0 bridgehead atoms. The Bertz CT molecular complexity index is 652. The molecule has 23 heavy (non-hydrogen) atoms. The van der Waals surface area contributed by atoms with Crippen molar-refractivity contribution in [3.8, 4) is 11.5 Å². The van der Waals surface area contributed by atoms with E-state index in [1.165, 1.54) is 6.92 Å². The minimum atomic E-state index is -0.831. The molecule has 0 aliphatic carbocycles. The fraction of sp³-hybridized carbons (Fsp3) is 0.222. The molecule has 0 aliphatic heterocycles. The lowest BCUT2D eigenvalue weighted by molar-refractivity contribution is -0.152. The zero-order valence-electron chi connectivity index (χ0n) is 13.1. The number of para-hydroxylation sites is 1. The Hall–Kier alpha value is -2.82. The summed E-state index contributed by atoms with van der Waals surface area (Å²) in [6.07, 6.45) is -0.592. The van der Waals surface area contributed by atoms with Crippen molar-refractivity contribution >= 4 is 17.6 Å². The second kappa shape index (κ2) is 7.98. The predicted octanol–water partition coefficient (Wildman–Crippen LogP) is 3.76. The zero-order chi connectivity index (χ0) is 16.7. The van der Waals surface area contributed by atoms with Crippen LogP contribution < -0.4 is 10.1 Å². The highest BCUT2D eigenvalue weighted by molar-refractivity contribution is 5.95. The third-order valence-corrected chi connectivity index (χ3v) is 3.07. The van der Waals surface area contributed by atoms with Crippen molar-refractivity contribution in [1.82, 2.24) is 0 Å². The minimum absolute atomic E-state index is 0.239. The molecule has 0 fully saturated rings. The van der Waals surface area contributed by atoms with Crippen molar-refractivity contribution < 1.29 is 19.1 Å². The molecule has 0 unspecified atom stereocenters. The number of carbonyl (C=O) groups excluding carboxylic acids is 2. The molecule has 1 N–H and O–H groups in total. The third kappa shape index (κ3) is 5.14. The topological polar surface area (TPSA) is 64.6 Å². The first kappa shape index (κ1) is 16.5. The maximum Gasteiger partial charge on any atom is 0.306 e. The van der Waals surface area contributed by atoms with E-state index < -0.39 is 12.1 Å². The van der Waals surface area contributed by atoms with Crippen LogP contribution in [0.25, 0.3) is 0 Å². The lowest BCUT2D eigenvalue weighted by atomic mass is 10.2. The molecule has 1 atom stereocenters. The van der Waals surface area contributed by atoms with Gasteiger partial charge in [-0.1, -0.05) is 25.1 Å². The monoisotopic (exact) mass is 313 g/mol. The summed E-state index contributed by atoms with van der Waals surface area (Å²) in [5.41, 5.74) is 0.606. The van der Waals surface area contributed by atoms with E-state index >= 15 is 0 Å². The molecule has 0 aromatic heterocycles. The van der Waals surface area contributed by atoms with Crippen molar-refractivity contribution in [2.75, 3.05) is 5.32 Å². The molecule has 0 saturated heterocycles. The number of nitrogens with one attached hydrogen (secondary N) is 1. The van der Waals surface area contributed by atoms with Crippen molar-refractivity contribution in [3.05, 3.63) is 54.6 Å². The molecule has 5 heteroatoms. The number of esters is 1. The summed E-state index contributed by atoms with van der Waals surface area (Å²) < 4.78 is 10.6. The largest absolute Gasteiger partial charge is 0.457 e. The highest BCUT2D eigenvalue weighted by atomic mass is 16.5. The minimum Gasteiger partial charge on any atom is -0.457 e. The second-order valence-electron chi connectivity index (χ2n) is 4.91. The SMILES string of the molecule is CCC(=O)O[C@@H](C)C(=O)Nc1ccc(Oc2ccccc2)cc1. The van der Waals surface area contributed by atoms with Crippen LogP contribution in [-0.4, -0.2) is 18.0 Å². The van der Waals surface area contributed by atoms with Gasteiger partial charge in [-0.2, -0.15) is 0 Å². The Labute approximate surface area is 135 Å². The third-order valence-electron chi connectivity index (χ3n) is 3.07. The van der Waals surface area contributed by atoms with Gasteiger partial charge in [-0.25, -0.2) is 0 Å². The Morgan fingerprint density at radius 3 is 2.22 bits per heavy atom. The van der Waals surface area contributed by atoms with Crippen molar-refractivity contribution in [2.24, 2.45) is 0 Å². The van der Waals surface area contributed by atoms with Crippen LogP contribution in [0.15, 0.2) is 54.6 Å². The number of rotatable bonds is 6. The molecule has 0 spiro atoms. The van der Waals surface area contributed by atoms with Gasteiger partial charge in [-0.15, -0.1) is 0 Å². The van der Waals surface area contributed by atoms with E-state index in [1.54, 1.807) is 31.2 Å². The van der Waals surface area contributed by atoms with E-state index in [4.69, 9.17) is 9.47 Å². The summed E-state index contributed by atoms with van der Waals surface area (Å²) in [6, 6.07) is 16.4. The standard InChI is InChI=1S/C18H19NO4/c1-3-17(20)22-13(2)18(21)19-14-9-11-16(12-10-14)23-15-7-5-4-6-8-15/h4-13H,3H2,1-2H3,(H,19,21)/t13-/m0/s1. The maximum atomic E-state index is 11.9. The van der Waals surface area contributed by atoms with Gasteiger partial charge in [0.05, 0.1) is 0 Å². The molecule has 0 saturated carbocycles. The van der Waals surface area contributed by atoms with Gasteiger partial charge in [0.2, 0.25) is 0 Å². The predicted molar refractivity (Wildman–Crippen MR) is 87.4 cm³/mol. The van der Waals surface area contributed by atoms with Crippen LogP contribution in [0.3, 0.4) is 0 Å². The van der Waals surface area contributed by atoms with Gasteiger partial charge in [-0.3, -0.25) is 9.59 Å². The van der Waals surface area contributed by atoms with Gasteiger partial charge in [0.1, 0.15) is 11.5 Å². The van der Waals surface area contributed by atoms with E-state index in [0.29, 0.717) is 11.4 Å². The van der Waals surface area contributed by atoms with E-state index in [-0.39, 0.29) is 12.3 Å². The van der Waals surface area contributed by atoms with Crippen LogP contribution >= 0.6 is 0 Å². The molecule has 5 nitrogen and oxygen atoms in total. The van der Waals surface area contributed by atoms with Crippen molar-refractivity contribution in [2.45, 2.75) is 26.4 Å². The Morgan fingerprint density at radius 2 is 1.61 bits per heavy atom. The normalized spacial score (nSPS) is 11.4. The van der Waals surface area contributed by atoms with Gasteiger partial charge < -0.3 is 14.8 Å². The molecule has 1 amide bonds. The number of benzene rings is 2. The van der Waals surface area contributed by atoms with Crippen LogP contribution in [0.4, 0.5) is 5.69 Å². The molecular weight excluding hydrogens is 294 g/mol. The Kier molecular flexibility index (Phi) is 5.74. The molecule has 2 rings (SSSR count). The number of carbonyl (C=O) groups is 2. The van der Waals surface area contributed by atoms with Crippen LogP contribution in [0.1, 0.15) is 20.3 Å². The number of amides is 1. The summed E-state index contributed by atoms with van der Waals surface area (Å²) in [5.74, 6) is 0.631. The van der Waals surface area contributed by atoms with Gasteiger partial charge >= 0.3 is 5.97 Å². The fourth-order valence-electron chi connectivity index (χ4n) is 1.81. The fourth-order valence-corrected chi connectivity index (χ4v) is 1.81. The lowest BCUT2D eigenvalue weighted by Crippen LogP contribution is -2.29. The zero-order valence-corrected chi connectivity index (χ0v) is 13.1. The summed E-state index contributed by atoms with van der Waals surface area (Å²) in [6.45, 7) is 3.22. The lowest BCUT2D eigenvalue weighted by Gasteiger charge is -2.13. The van der Waals surface area contributed by atoms with Crippen molar-refractivity contribution in [1.29, 1.82) is 0 Å². The second-order valence-corrected chi connectivity index (χ2v) is 4.91. The summed E-state index contributed by atoms with van der Waals surface area (Å²) in [5, 5.41) is 2.69. The van der Waals surface area contributed by atoms with E-state index in [9.17, 15) is 9.59 Å². The van der Waals surface area contributed by atoms with E-state index in [0.717, 1.165) is 5.75 Å². The van der Waals surface area contributed by atoms with Crippen LogP contribution in [-0.2, 0) is 14.3 Å². The number of hydrogen-bond acceptors (Lipinski definition) is 4. The summed E-state index contributed by atoms with van der Waals surface area (Å²) in [7, 11) is 0. The van der Waals surface area contributed by atoms with E-state index in [2.05, 4.69) is 5.32 Å². The molecule has 2 aromatic carbocycles. The average molecular weight is 313 g/mol. The van der Waals surface area contributed by atoms with Crippen LogP contribution in [0, 0.1) is 0 Å². The van der Waals surface area contributed by atoms with Crippen LogP contribution in [0.2, 0.25) is 0 Å². The first-order chi connectivity index (χ1) is 11.1. The first-order valence-corrected chi connectivity index (χ1v) is 7.42. The number of ether oxygens (including phenoxy) is 2. The molecule has 0 heterocycles.